The highest BCUT2D eigenvalue weighted by Gasteiger charge is 2.57. The molecule has 2 aliphatic heterocycles. The van der Waals surface area contributed by atoms with E-state index in [1.165, 1.54) is 17.4 Å². The van der Waals surface area contributed by atoms with Crippen LogP contribution in [0, 0.1) is 22.6 Å². The summed E-state index contributed by atoms with van der Waals surface area (Å²) in [5, 5.41) is 18.4. The summed E-state index contributed by atoms with van der Waals surface area (Å²) in [6.07, 6.45) is 4.28. The van der Waals surface area contributed by atoms with Crippen LogP contribution >= 0.6 is 11.3 Å². The number of imidazole rings is 1. The number of nitrogens with zero attached hydrogens (tertiary/aromatic N) is 5. The lowest BCUT2D eigenvalue weighted by atomic mass is 9.90. The number of fused-ring (bicyclic) bond motifs is 1. The number of aromatic nitrogens is 3. The minimum Gasteiger partial charge on any atom is -0.477 e. The Morgan fingerprint density at radius 1 is 1.24 bits per heavy atom. The van der Waals surface area contributed by atoms with Gasteiger partial charge in [0.2, 0.25) is 5.88 Å². The van der Waals surface area contributed by atoms with Gasteiger partial charge in [-0.05, 0) is 55.4 Å². The number of hydrogen-bond acceptors (Lipinski definition) is 8. The second-order valence-corrected chi connectivity index (χ2v) is 12.1. The summed E-state index contributed by atoms with van der Waals surface area (Å²) in [7, 11) is 0. The lowest BCUT2D eigenvalue weighted by molar-refractivity contribution is -0.0590. The molecule has 3 aliphatic rings. The molecule has 9 nitrogen and oxygen atoms in total. The van der Waals surface area contributed by atoms with Gasteiger partial charge in [0.15, 0.2) is 0 Å². The summed E-state index contributed by atoms with van der Waals surface area (Å²) in [4.78, 5) is 24.6. The first-order chi connectivity index (χ1) is 19.9. The predicted molar refractivity (Wildman–Crippen MR) is 150 cm³/mol. The van der Waals surface area contributed by atoms with Crippen LogP contribution in [0.5, 0.6) is 5.88 Å². The Bertz CT molecular complexity index is 1680. The molecule has 11 heteroatoms. The molecule has 3 fully saturated rings. The number of ether oxygens (including phenoxy) is 2. The zero-order chi connectivity index (χ0) is 28.1. The molecule has 1 unspecified atom stereocenters. The Labute approximate surface area is 239 Å². The van der Waals surface area contributed by atoms with Crippen LogP contribution in [-0.2, 0) is 17.9 Å². The van der Waals surface area contributed by atoms with Crippen molar-refractivity contribution in [3.63, 3.8) is 0 Å². The van der Waals surface area contributed by atoms with Gasteiger partial charge in [0.05, 0.1) is 29.8 Å². The third kappa shape index (κ3) is 4.81. The Morgan fingerprint density at radius 2 is 2.07 bits per heavy atom. The quantitative estimate of drug-likeness (QED) is 0.300. The topological polar surface area (TPSA) is 114 Å². The highest BCUT2D eigenvalue weighted by molar-refractivity contribution is 7.20. The van der Waals surface area contributed by atoms with Crippen molar-refractivity contribution in [2.45, 2.75) is 50.9 Å². The van der Waals surface area contributed by atoms with Crippen molar-refractivity contribution in [1.29, 1.82) is 5.26 Å². The molecule has 210 valence electrons. The van der Waals surface area contributed by atoms with Crippen molar-refractivity contribution in [2.75, 3.05) is 24.6 Å². The van der Waals surface area contributed by atoms with Gasteiger partial charge in [-0.3, -0.25) is 0 Å². The molecule has 1 spiro atoms. The largest absolute Gasteiger partial charge is 0.477 e. The molecule has 1 aromatic carbocycles. The summed E-state index contributed by atoms with van der Waals surface area (Å²) in [5.41, 5.74) is 1.74. The molecule has 2 atom stereocenters. The fourth-order valence-corrected chi connectivity index (χ4v) is 7.00. The van der Waals surface area contributed by atoms with Crippen LogP contribution in [0.25, 0.3) is 10.3 Å². The number of thiophene rings is 1. The van der Waals surface area contributed by atoms with Crippen molar-refractivity contribution in [2.24, 2.45) is 5.41 Å². The summed E-state index contributed by atoms with van der Waals surface area (Å²) >= 11 is 1.24. The molecular weight excluding hydrogens is 545 g/mol. The Morgan fingerprint density at radius 3 is 2.78 bits per heavy atom. The second kappa shape index (κ2) is 10.1. The minimum absolute atomic E-state index is 0.0305. The number of nitriles is 1. The third-order valence-corrected chi connectivity index (χ3v) is 9.72. The van der Waals surface area contributed by atoms with Crippen molar-refractivity contribution in [3.8, 4) is 11.9 Å². The molecule has 0 amide bonds. The number of carbonyl (C=O) groups is 1. The van der Waals surface area contributed by atoms with Gasteiger partial charge in [0, 0.05) is 37.2 Å². The van der Waals surface area contributed by atoms with Crippen LogP contribution in [0.4, 0.5) is 10.2 Å². The van der Waals surface area contributed by atoms with E-state index in [1.54, 1.807) is 24.3 Å². The fourth-order valence-electron chi connectivity index (χ4n) is 6.12. The molecule has 0 bridgehead atoms. The van der Waals surface area contributed by atoms with E-state index in [-0.39, 0.29) is 23.7 Å². The van der Waals surface area contributed by atoms with E-state index in [0.717, 1.165) is 67.4 Å². The number of halogens is 1. The van der Waals surface area contributed by atoms with Crippen LogP contribution in [0.3, 0.4) is 0 Å². The monoisotopic (exact) mass is 573 g/mol. The van der Waals surface area contributed by atoms with Crippen LogP contribution < -0.4 is 9.64 Å². The zero-order valence-electron chi connectivity index (χ0n) is 22.3. The van der Waals surface area contributed by atoms with Crippen molar-refractivity contribution < 1.29 is 23.8 Å². The number of benzene rings is 1. The summed E-state index contributed by atoms with van der Waals surface area (Å²) in [6.45, 7) is 3.24. The number of hydrogen-bond donors (Lipinski definition) is 1. The first-order valence-electron chi connectivity index (χ1n) is 13.8. The fraction of sp³-hybridized carbons (Fsp3) is 0.400. The summed E-state index contributed by atoms with van der Waals surface area (Å²) in [5.74, 6) is 1.29. The number of carboxylic acid groups (broad SMARTS) is 1. The molecule has 3 aromatic heterocycles. The molecule has 4 aromatic rings. The molecule has 2 saturated heterocycles. The Balaban J connectivity index is 1.02. The van der Waals surface area contributed by atoms with Crippen molar-refractivity contribution in [1.82, 2.24) is 14.5 Å². The maximum Gasteiger partial charge on any atom is 0.346 e. The van der Waals surface area contributed by atoms with Gasteiger partial charge in [-0.15, -0.1) is 11.3 Å². The lowest BCUT2D eigenvalue weighted by Gasteiger charge is -2.34. The lowest BCUT2D eigenvalue weighted by Crippen LogP contribution is -2.36. The van der Waals surface area contributed by atoms with E-state index < -0.39 is 11.8 Å². The standard InChI is InChI=1S/C30H28FN5O4S/c31-22-12-18(15-32)4-5-19(22)17-40-26-3-1-2-25(33-26)35-9-7-30(8-10-35)14-21(30)27-34-28-23(13-24(41-28)29(37)38)36(27)16-20-6-11-39-20/h1-5,12-13,20-21H,6-11,14,16-17H2,(H,37,38)/t20-,21?/m0/s1. The molecule has 1 saturated carbocycles. The molecule has 5 heterocycles. The smallest absolute Gasteiger partial charge is 0.346 e. The van der Waals surface area contributed by atoms with Gasteiger partial charge in [0.25, 0.3) is 0 Å². The number of pyridine rings is 1. The van der Waals surface area contributed by atoms with E-state index in [0.29, 0.717) is 28.8 Å². The molecule has 1 N–H and O–H groups in total. The van der Waals surface area contributed by atoms with E-state index in [1.807, 2.05) is 18.2 Å². The number of carboxylic acids is 1. The van der Waals surface area contributed by atoms with Gasteiger partial charge in [-0.2, -0.15) is 10.2 Å². The Hall–Kier alpha value is -4.01. The minimum atomic E-state index is -0.916. The van der Waals surface area contributed by atoms with Crippen LogP contribution in [-0.4, -0.2) is 51.4 Å². The van der Waals surface area contributed by atoms with E-state index in [2.05, 4.69) is 14.5 Å². The van der Waals surface area contributed by atoms with Gasteiger partial charge in [0.1, 0.15) is 33.8 Å². The average molecular weight is 574 g/mol. The first kappa shape index (κ1) is 25.9. The predicted octanol–water partition coefficient (Wildman–Crippen LogP) is 5.34. The molecule has 0 radical (unpaired) electrons. The highest BCUT2D eigenvalue weighted by Crippen LogP contribution is 2.65. The van der Waals surface area contributed by atoms with Gasteiger partial charge >= 0.3 is 5.97 Å². The SMILES string of the molecule is N#Cc1ccc(COc2cccc(N3CCC4(CC3)CC4c3nc4sc(C(=O)O)cc4n3C[C@@H]3CCO3)n2)c(F)c1. The number of aromatic carboxylic acids is 1. The van der Waals surface area contributed by atoms with E-state index in [4.69, 9.17) is 19.7 Å². The second-order valence-electron chi connectivity index (χ2n) is 11.1. The molecule has 7 rings (SSSR count). The number of anilines is 1. The van der Waals surface area contributed by atoms with Crippen molar-refractivity contribution >= 4 is 33.5 Å². The Kier molecular flexibility index (Phi) is 6.40. The first-order valence-corrected chi connectivity index (χ1v) is 14.6. The normalized spacial score (nSPS) is 21.0. The summed E-state index contributed by atoms with van der Waals surface area (Å²) < 4.78 is 28.0. The van der Waals surface area contributed by atoms with Gasteiger partial charge in [-0.1, -0.05) is 12.1 Å². The highest BCUT2D eigenvalue weighted by atomic mass is 32.1. The third-order valence-electron chi connectivity index (χ3n) is 8.72. The van der Waals surface area contributed by atoms with Crippen LogP contribution in [0.1, 0.15) is 58.2 Å². The average Bonchev–Trinajstić information content (AvgIpc) is 3.30. The van der Waals surface area contributed by atoms with E-state index >= 15 is 0 Å². The number of rotatable bonds is 8. The van der Waals surface area contributed by atoms with Gasteiger partial charge in [-0.25, -0.2) is 14.2 Å². The molecular formula is C30H28FN5O4S. The summed E-state index contributed by atoms with van der Waals surface area (Å²) in [6, 6.07) is 13.7. The van der Waals surface area contributed by atoms with E-state index in [9.17, 15) is 14.3 Å². The van der Waals surface area contributed by atoms with Crippen LogP contribution in [0.15, 0.2) is 42.5 Å². The van der Waals surface area contributed by atoms with Crippen molar-refractivity contribution in [3.05, 3.63) is 70.1 Å². The zero-order valence-corrected chi connectivity index (χ0v) is 23.1. The van der Waals surface area contributed by atoms with Gasteiger partial charge < -0.3 is 24.0 Å². The van der Waals surface area contributed by atoms with Crippen LogP contribution in [0.2, 0.25) is 0 Å². The molecule has 1 aliphatic carbocycles. The maximum absolute atomic E-state index is 14.2. The maximum atomic E-state index is 14.2. The number of piperidine rings is 1. The molecule has 41 heavy (non-hydrogen) atoms.